The average Bonchev–Trinajstić information content (AvgIpc) is 3.12. The van der Waals surface area contributed by atoms with E-state index >= 15 is 0 Å². The van der Waals surface area contributed by atoms with Crippen molar-refractivity contribution in [2.24, 2.45) is 27.1 Å². The summed E-state index contributed by atoms with van der Waals surface area (Å²) in [4.78, 5) is 0. The Balaban J connectivity index is 0.000000447. The minimum absolute atomic E-state index is 0.125. The number of aliphatic hydroxyl groups excluding tert-OH is 2. The molecule has 1 heterocycles. The van der Waals surface area contributed by atoms with Crippen molar-refractivity contribution in [1.29, 1.82) is 0 Å². The molecule has 0 aromatic heterocycles. The first-order valence-electron chi connectivity index (χ1n) is 10.4. The van der Waals surface area contributed by atoms with Gasteiger partial charge in [-0.05, 0) is 52.8 Å². The predicted octanol–water partition coefficient (Wildman–Crippen LogP) is 4.13. The van der Waals surface area contributed by atoms with Crippen molar-refractivity contribution in [3.63, 3.8) is 0 Å². The van der Waals surface area contributed by atoms with Crippen LogP contribution >= 0.6 is 0 Å². The standard InChI is InChI=1S/C20H34O2.C2H6O2/c1-15(2)9-17(5)13-19(17)14-18(19,6)10-16(3,4)12-20(11-15)21-7-8-22-20;3-1-2-4/h7-14H2,1-6H3;3-4H,1-2H2. The molecule has 1 aliphatic heterocycles. The van der Waals surface area contributed by atoms with Gasteiger partial charge in [0.25, 0.3) is 0 Å². The fourth-order valence-corrected chi connectivity index (χ4v) is 7.38. The highest BCUT2D eigenvalue weighted by Gasteiger charge is 2.83. The Morgan fingerprint density at radius 2 is 1.00 bits per heavy atom. The van der Waals surface area contributed by atoms with Crippen LogP contribution < -0.4 is 0 Å². The minimum atomic E-state index is -0.330. The van der Waals surface area contributed by atoms with Crippen LogP contribution in [0.3, 0.4) is 0 Å². The second-order valence-electron chi connectivity index (χ2n) is 11.6. The van der Waals surface area contributed by atoms with Crippen molar-refractivity contribution in [1.82, 2.24) is 0 Å². The molecule has 4 nitrogen and oxygen atoms in total. The molecular formula is C22H40O4. The summed E-state index contributed by atoms with van der Waals surface area (Å²) in [7, 11) is 0. The van der Waals surface area contributed by atoms with E-state index in [9.17, 15) is 0 Å². The zero-order chi connectivity index (χ0) is 19.5. The van der Waals surface area contributed by atoms with Crippen LogP contribution in [0.2, 0.25) is 0 Å². The van der Waals surface area contributed by atoms with Crippen molar-refractivity contribution in [2.75, 3.05) is 26.4 Å². The van der Waals surface area contributed by atoms with Gasteiger partial charge in [-0.2, -0.15) is 0 Å². The molecule has 4 aliphatic rings. The average molecular weight is 369 g/mol. The number of ether oxygens (including phenoxy) is 2. The van der Waals surface area contributed by atoms with Crippen LogP contribution in [-0.4, -0.2) is 42.4 Å². The Labute approximate surface area is 159 Å². The van der Waals surface area contributed by atoms with Crippen molar-refractivity contribution in [3.8, 4) is 0 Å². The lowest BCUT2D eigenvalue weighted by atomic mass is 9.68. The van der Waals surface area contributed by atoms with E-state index in [1.807, 2.05) is 0 Å². The molecule has 4 fully saturated rings. The lowest BCUT2D eigenvalue weighted by Gasteiger charge is -2.43. The molecule has 4 rings (SSSR count). The van der Waals surface area contributed by atoms with Crippen LogP contribution in [0.1, 0.15) is 80.1 Å². The molecule has 2 unspecified atom stereocenters. The molecule has 2 atom stereocenters. The first-order chi connectivity index (χ1) is 11.9. The number of rotatable bonds is 1. The van der Waals surface area contributed by atoms with E-state index in [2.05, 4.69) is 41.5 Å². The summed E-state index contributed by atoms with van der Waals surface area (Å²) in [5.41, 5.74) is 2.35. The maximum atomic E-state index is 7.62. The number of aliphatic hydroxyl groups is 2. The molecule has 4 heteroatoms. The largest absolute Gasteiger partial charge is 0.394 e. The zero-order valence-electron chi connectivity index (χ0n) is 17.8. The fraction of sp³-hybridized carbons (Fsp3) is 1.00. The van der Waals surface area contributed by atoms with Crippen molar-refractivity contribution in [2.45, 2.75) is 85.9 Å². The molecule has 2 N–H and O–H groups in total. The highest BCUT2D eigenvalue weighted by Crippen LogP contribution is 2.91. The maximum Gasteiger partial charge on any atom is 0.169 e. The highest BCUT2D eigenvalue weighted by molar-refractivity contribution is 5.31. The van der Waals surface area contributed by atoms with E-state index in [1.165, 1.54) is 25.7 Å². The van der Waals surface area contributed by atoms with Crippen LogP contribution in [0.25, 0.3) is 0 Å². The first-order valence-corrected chi connectivity index (χ1v) is 10.4. The Bertz CT molecular complexity index is 492. The minimum Gasteiger partial charge on any atom is -0.394 e. The van der Waals surface area contributed by atoms with Gasteiger partial charge in [-0.15, -0.1) is 0 Å². The monoisotopic (exact) mass is 368 g/mol. The van der Waals surface area contributed by atoms with Gasteiger partial charge in [0.1, 0.15) is 0 Å². The van der Waals surface area contributed by atoms with E-state index in [0.29, 0.717) is 27.1 Å². The molecule has 0 aromatic carbocycles. The van der Waals surface area contributed by atoms with Gasteiger partial charge in [0.05, 0.1) is 26.4 Å². The van der Waals surface area contributed by atoms with Crippen molar-refractivity contribution >= 4 is 0 Å². The quantitative estimate of drug-likeness (QED) is 0.730. The fourth-order valence-electron chi connectivity index (χ4n) is 7.38. The molecule has 152 valence electrons. The van der Waals surface area contributed by atoms with Gasteiger partial charge < -0.3 is 19.7 Å². The normalized spacial score (nSPS) is 44.3. The number of hydrogen-bond acceptors (Lipinski definition) is 4. The van der Waals surface area contributed by atoms with Gasteiger partial charge in [-0.1, -0.05) is 41.5 Å². The van der Waals surface area contributed by atoms with Gasteiger partial charge >= 0.3 is 0 Å². The summed E-state index contributed by atoms with van der Waals surface area (Å²) >= 11 is 0. The maximum absolute atomic E-state index is 7.62. The summed E-state index contributed by atoms with van der Waals surface area (Å²) in [5.74, 6) is -0.330. The third kappa shape index (κ3) is 3.47. The van der Waals surface area contributed by atoms with Crippen LogP contribution in [0.15, 0.2) is 0 Å². The van der Waals surface area contributed by atoms with Gasteiger partial charge in [0, 0.05) is 12.8 Å². The molecule has 3 aliphatic carbocycles. The molecule has 0 radical (unpaired) electrons. The van der Waals surface area contributed by atoms with Crippen LogP contribution in [-0.2, 0) is 9.47 Å². The molecule has 0 bridgehead atoms. The summed E-state index contributed by atoms with van der Waals surface area (Å²) < 4.78 is 12.4. The Kier molecular flexibility index (Phi) is 4.88. The molecule has 2 spiro atoms. The van der Waals surface area contributed by atoms with Crippen LogP contribution in [0.4, 0.5) is 0 Å². The Morgan fingerprint density at radius 3 is 1.35 bits per heavy atom. The summed E-state index contributed by atoms with van der Waals surface area (Å²) in [6.07, 6.45) is 7.64. The molecule has 0 aromatic rings. The van der Waals surface area contributed by atoms with Crippen molar-refractivity contribution in [3.05, 3.63) is 0 Å². The predicted molar refractivity (Wildman–Crippen MR) is 103 cm³/mol. The van der Waals surface area contributed by atoms with Gasteiger partial charge in [-0.3, -0.25) is 0 Å². The van der Waals surface area contributed by atoms with E-state index in [4.69, 9.17) is 19.7 Å². The SMILES string of the molecule is CC1(C)CC2(CC(C)(C)CC3(C)CC34CC4(C)C1)OCCO2.OCCO. The topological polar surface area (TPSA) is 58.9 Å². The van der Waals surface area contributed by atoms with Crippen LogP contribution in [0, 0.1) is 27.1 Å². The Morgan fingerprint density at radius 1 is 0.615 bits per heavy atom. The van der Waals surface area contributed by atoms with E-state index < -0.39 is 0 Å². The third-order valence-corrected chi connectivity index (χ3v) is 7.59. The highest BCUT2D eigenvalue weighted by atomic mass is 16.7. The first kappa shape index (κ1) is 20.6. The molecule has 0 amide bonds. The second-order valence-corrected chi connectivity index (χ2v) is 11.6. The lowest BCUT2D eigenvalue weighted by Crippen LogP contribution is -2.42. The van der Waals surface area contributed by atoms with Gasteiger partial charge in [0.15, 0.2) is 5.79 Å². The third-order valence-electron chi connectivity index (χ3n) is 7.59. The zero-order valence-corrected chi connectivity index (χ0v) is 17.8. The van der Waals surface area contributed by atoms with Crippen LogP contribution in [0.5, 0.6) is 0 Å². The summed E-state index contributed by atoms with van der Waals surface area (Å²) in [5, 5.41) is 15.2. The van der Waals surface area contributed by atoms with E-state index in [-0.39, 0.29) is 19.0 Å². The van der Waals surface area contributed by atoms with E-state index in [0.717, 1.165) is 26.1 Å². The molecule has 26 heavy (non-hydrogen) atoms. The van der Waals surface area contributed by atoms with Gasteiger partial charge in [-0.25, -0.2) is 0 Å². The Hall–Kier alpha value is -0.160. The molecule has 1 saturated heterocycles. The lowest BCUT2D eigenvalue weighted by molar-refractivity contribution is -0.202. The second kappa shape index (κ2) is 6.17. The number of hydrogen-bond donors (Lipinski definition) is 2. The smallest absolute Gasteiger partial charge is 0.169 e. The van der Waals surface area contributed by atoms with Gasteiger partial charge in [0.2, 0.25) is 0 Å². The molecular weight excluding hydrogens is 328 g/mol. The van der Waals surface area contributed by atoms with Crippen molar-refractivity contribution < 1.29 is 19.7 Å². The summed E-state index contributed by atoms with van der Waals surface area (Å²) in [6, 6.07) is 0. The summed E-state index contributed by atoms with van der Waals surface area (Å²) in [6.45, 7) is 16.1. The molecule has 3 saturated carbocycles. The van der Waals surface area contributed by atoms with E-state index in [1.54, 1.807) is 0 Å².